The molecule has 0 aromatic heterocycles. The lowest BCUT2D eigenvalue weighted by molar-refractivity contribution is -0.147. The zero-order valence-corrected chi connectivity index (χ0v) is 6.54. The highest BCUT2D eigenvalue weighted by Crippen LogP contribution is 2.27. The van der Waals surface area contributed by atoms with Crippen LogP contribution < -0.4 is 0 Å². The van der Waals surface area contributed by atoms with E-state index in [9.17, 15) is 4.79 Å². The van der Waals surface area contributed by atoms with Gasteiger partial charge in [0.1, 0.15) is 6.10 Å². The van der Waals surface area contributed by atoms with E-state index >= 15 is 0 Å². The fourth-order valence-electron chi connectivity index (χ4n) is 1.43. The van der Waals surface area contributed by atoms with Crippen molar-refractivity contribution in [2.24, 2.45) is 5.92 Å². The molecule has 60 valence electrons. The summed E-state index contributed by atoms with van der Waals surface area (Å²) in [5.74, 6) is -0.351. The number of rotatable bonds is 1. The summed E-state index contributed by atoms with van der Waals surface area (Å²) in [6, 6.07) is 2.14. The molecular formula is C8H11NO2. The molecule has 1 saturated carbocycles. The predicted molar refractivity (Wildman–Crippen MR) is 38.5 cm³/mol. The molecule has 11 heavy (non-hydrogen) atoms. The smallest absolute Gasteiger partial charge is 0.302 e. The molecule has 0 radical (unpaired) electrons. The average molecular weight is 153 g/mol. The van der Waals surface area contributed by atoms with E-state index in [2.05, 4.69) is 6.07 Å². The fourth-order valence-corrected chi connectivity index (χ4v) is 1.43. The molecule has 1 aliphatic carbocycles. The third kappa shape index (κ3) is 1.94. The zero-order chi connectivity index (χ0) is 8.27. The Kier molecular flexibility index (Phi) is 2.48. The van der Waals surface area contributed by atoms with E-state index in [1.54, 1.807) is 0 Å². The Bertz CT molecular complexity index is 195. The molecule has 0 saturated heterocycles. The van der Waals surface area contributed by atoms with Crippen LogP contribution in [0.15, 0.2) is 0 Å². The maximum Gasteiger partial charge on any atom is 0.302 e. The van der Waals surface area contributed by atoms with E-state index < -0.39 is 0 Å². The van der Waals surface area contributed by atoms with E-state index in [1.807, 2.05) is 0 Å². The number of hydrogen-bond acceptors (Lipinski definition) is 3. The highest BCUT2D eigenvalue weighted by Gasteiger charge is 2.29. The van der Waals surface area contributed by atoms with Gasteiger partial charge in [0.05, 0.1) is 12.0 Å². The van der Waals surface area contributed by atoms with Crippen LogP contribution in [-0.4, -0.2) is 12.1 Å². The first kappa shape index (κ1) is 8.06. The summed E-state index contributed by atoms with van der Waals surface area (Å²) in [6.45, 7) is 1.38. The minimum absolute atomic E-state index is 0.0705. The first-order valence-electron chi connectivity index (χ1n) is 3.81. The molecule has 0 N–H and O–H groups in total. The second-order valence-corrected chi connectivity index (χ2v) is 2.81. The Morgan fingerprint density at radius 2 is 2.36 bits per heavy atom. The van der Waals surface area contributed by atoms with Crippen molar-refractivity contribution in [2.75, 3.05) is 0 Å². The van der Waals surface area contributed by atoms with Gasteiger partial charge >= 0.3 is 5.97 Å². The Balaban J connectivity index is 2.45. The normalized spacial score (nSPS) is 29.5. The van der Waals surface area contributed by atoms with Crippen LogP contribution >= 0.6 is 0 Å². The maximum atomic E-state index is 10.5. The van der Waals surface area contributed by atoms with Crippen LogP contribution in [-0.2, 0) is 9.53 Å². The molecule has 0 aromatic rings. The van der Waals surface area contributed by atoms with E-state index in [-0.39, 0.29) is 18.0 Å². The van der Waals surface area contributed by atoms with Gasteiger partial charge in [-0.2, -0.15) is 5.26 Å². The lowest BCUT2D eigenvalue weighted by atomic mass is 10.1. The Hall–Kier alpha value is -1.04. The summed E-state index contributed by atoms with van der Waals surface area (Å²) in [6.07, 6.45) is 2.57. The van der Waals surface area contributed by atoms with E-state index in [0.29, 0.717) is 0 Å². The van der Waals surface area contributed by atoms with Crippen molar-refractivity contribution in [1.82, 2.24) is 0 Å². The molecule has 0 unspecified atom stereocenters. The van der Waals surface area contributed by atoms with Gasteiger partial charge in [-0.3, -0.25) is 4.79 Å². The predicted octanol–water partition coefficient (Wildman–Crippen LogP) is 1.24. The van der Waals surface area contributed by atoms with Gasteiger partial charge in [0, 0.05) is 6.92 Å². The molecule has 2 atom stereocenters. The van der Waals surface area contributed by atoms with Crippen molar-refractivity contribution in [2.45, 2.75) is 32.3 Å². The second-order valence-electron chi connectivity index (χ2n) is 2.81. The Morgan fingerprint density at radius 1 is 1.64 bits per heavy atom. The second kappa shape index (κ2) is 3.38. The summed E-state index contributed by atoms with van der Waals surface area (Å²) in [5, 5.41) is 8.61. The molecule has 0 bridgehead atoms. The standard InChI is InChI=1S/C8H11NO2/c1-6(10)11-8-4-2-3-7(8)5-9/h7-8H,2-4H2,1H3/t7-,8+/m0/s1. The van der Waals surface area contributed by atoms with Crippen LogP contribution in [0.2, 0.25) is 0 Å². The fraction of sp³-hybridized carbons (Fsp3) is 0.750. The SMILES string of the molecule is CC(=O)O[C@@H]1CCC[C@H]1C#N. The summed E-state index contributed by atoms with van der Waals surface area (Å²) in [5.41, 5.74) is 0. The quantitative estimate of drug-likeness (QED) is 0.532. The Morgan fingerprint density at radius 3 is 2.91 bits per heavy atom. The maximum absolute atomic E-state index is 10.5. The van der Waals surface area contributed by atoms with Crippen molar-refractivity contribution >= 4 is 5.97 Å². The molecule has 0 aromatic carbocycles. The number of hydrogen-bond donors (Lipinski definition) is 0. The average Bonchev–Trinajstić information content (AvgIpc) is 2.34. The minimum atomic E-state index is -0.280. The molecule has 1 rings (SSSR count). The van der Waals surface area contributed by atoms with Crippen molar-refractivity contribution in [3.05, 3.63) is 0 Å². The topological polar surface area (TPSA) is 50.1 Å². The third-order valence-electron chi connectivity index (χ3n) is 1.94. The summed E-state index contributed by atoms with van der Waals surface area (Å²) in [7, 11) is 0. The molecule has 1 fully saturated rings. The van der Waals surface area contributed by atoms with Gasteiger partial charge in [0.15, 0.2) is 0 Å². The highest BCUT2D eigenvalue weighted by atomic mass is 16.5. The van der Waals surface area contributed by atoms with Crippen LogP contribution in [0, 0.1) is 17.2 Å². The van der Waals surface area contributed by atoms with Gasteiger partial charge in [0.2, 0.25) is 0 Å². The Labute approximate surface area is 66.0 Å². The number of carbonyl (C=O) groups is 1. The van der Waals surface area contributed by atoms with Crippen LogP contribution in [0.3, 0.4) is 0 Å². The van der Waals surface area contributed by atoms with Crippen LogP contribution in [0.4, 0.5) is 0 Å². The van der Waals surface area contributed by atoms with Crippen molar-refractivity contribution in [3.8, 4) is 6.07 Å². The number of esters is 1. The number of carbonyl (C=O) groups excluding carboxylic acids is 1. The van der Waals surface area contributed by atoms with Gasteiger partial charge in [0.25, 0.3) is 0 Å². The number of ether oxygens (including phenoxy) is 1. The highest BCUT2D eigenvalue weighted by molar-refractivity contribution is 5.66. The molecule has 3 nitrogen and oxygen atoms in total. The van der Waals surface area contributed by atoms with Gasteiger partial charge in [-0.05, 0) is 19.3 Å². The number of nitrogens with zero attached hydrogens (tertiary/aromatic N) is 1. The van der Waals surface area contributed by atoms with Crippen molar-refractivity contribution in [3.63, 3.8) is 0 Å². The lowest BCUT2D eigenvalue weighted by Gasteiger charge is -2.12. The van der Waals surface area contributed by atoms with Gasteiger partial charge in [-0.1, -0.05) is 0 Å². The molecule has 1 aliphatic rings. The molecule has 0 spiro atoms. The molecular weight excluding hydrogens is 142 g/mol. The molecule has 0 amide bonds. The summed E-state index contributed by atoms with van der Waals surface area (Å²) < 4.78 is 4.95. The van der Waals surface area contributed by atoms with Crippen LogP contribution in [0.5, 0.6) is 0 Å². The van der Waals surface area contributed by atoms with Crippen LogP contribution in [0.1, 0.15) is 26.2 Å². The van der Waals surface area contributed by atoms with Gasteiger partial charge in [-0.25, -0.2) is 0 Å². The summed E-state index contributed by atoms with van der Waals surface area (Å²) in [4.78, 5) is 10.5. The first-order valence-corrected chi connectivity index (χ1v) is 3.81. The molecule has 3 heteroatoms. The minimum Gasteiger partial charge on any atom is -0.461 e. The zero-order valence-electron chi connectivity index (χ0n) is 6.54. The van der Waals surface area contributed by atoms with Crippen molar-refractivity contribution < 1.29 is 9.53 Å². The third-order valence-corrected chi connectivity index (χ3v) is 1.94. The van der Waals surface area contributed by atoms with E-state index in [1.165, 1.54) is 6.92 Å². The number of nitriles is 1. The first-order chi connectivity index (χ1) is 5.24. The van der Waals surface area contributed by atoms with Crippen molar-refractivity contribution in [1.29, 1.82) is 5.26 Å². The largest absolute Gasteiger partial charge is 0.461 e. The van der Waals surface area contributed by atoms with E-state index in [4.69, 9.17) is 10.00 Å². The summed E-state index contributed by atoms with van der Waals surface area (Å²) >= 11 is 0. The molecule has 0 aliphatic heterocycles. The van der Waals surface area contributed by atoms with Gasteiger partial charge in [-0.15, -0.1) is 0 Å². The van der Waals surface area contributed by atoms with E-state index in [0.717, 1.165) is 19.3 Å². The van der Waals surface area contributed by atoms with Crippen LogP contribution in [0.25, 0.3) is 0 Å². The lowest BCUT2D eigenvalue weighted by Crippen LogP contribution is -2.19. The van der Waals surface area contributed by atoms with Gasteiger partial charge < -0.3 is 4.74 Å². The molecule has 0 heterocycles. The monoisotopic (exact) mass is 153 g/mol.